The summed E-state index contributed by atoms with van der Waals surface area (Å²) < 4.78 is 10.1. The molecule has 2 aliphatic carbocycles. The van der Waals surface area contributed by atoms with Gasteiger partial charge in [-0.15, -0.1) is 0 Å². The summed E-state index contributed by atoms with van der Waals surface area (Å²) >= 11 is 0. The van der Waals surface area contributed by atoms with Crippen molar-refractivity contribution < 1.29 is 19.1 Å². The lowest BCUT2D eigenvalue weighted by Gasteiger charge is -2.53. The molecule has 0 aromatic carbocycles. The van der Waals surface area contributed by atoms with Gasteiger partial charge in [0.15, 0.2) is 0 Å². The van der Waals surface area contributed by atoms with Crippen LogP contribution in [0.5, 0.6) is 0 Å². The number of ether oxygens (including phenoxy) is 2. The van der Waals surface area contributed by atoms with Crippen LogP contribution in [0.3, 0.4) is 0 Å². The van der Waals surface area contributed by atoms with Crippen molar-refractivity contribution in [2.75, 3.05) is 6.61 Å². The summed E-state index contributed by atoms with van der Waals surface area (Å²) in [5, 5.41) is 0. The van der Waals surface area contributed by atoms with Crippen LogP contribution in [0.4, 0.5) is 0 Å². The normalized spacial score (nSPS) is 38.4. The maximum absolute atomic E-state index is 10.8. The molecule has 2 rings (SSSR count). The first-order valence-electron chi connectivity index (χ1n) is 7.07. The molecule has 110 valence electrons. The number of rotatable bonds is 5. The second-order valence-corrected chi connectivity index (χ2v) is 6.04. The van der Waals surface area contributed by atoms with E-state index in [-0.39, 0.29) is 24.0 Å². The van der Waals surface area contributed by atoms with Crippen LogP contribution in [0.1, 0.15) is 33.1 Å². The average molecular weight is 278 g/mol. The maximum atomic E-state index is 10.8. The van der Waals surface area contributed by atoms with Gasteiger partial charge in [-0.2, -0.15) is 0 Å². The molecular weight excluding hydrogens is 256 g/mol. The predicted octanol–water partition coefficient (Wildman–Crippen LogP) is 2.64. The van der Waals surface area contributed by atoms with Crippen LogP contribution in [0.15, 0.2) is 23.8 Å². The molecule has 2 saturated carbocycles. The van der Waals surface area contributed by atoms with Crippen LogP contribution in [0.25, 0.3) is 0 Å². The van der Waals surface area contributed by atoms with Gasteiger partial charge in [-0.1, -0.05) is 31.6 Å². The Bertz CT molecular complexity index is 440. The van der Waals surface area contributed by atoms with Gasteiger partial charge < -0.3 is 9.47 Å². The highest BCUT2D eigenvalue weighted by Gasteiger charge is 2.50. The van der Waals surface area contributed by atoms with Gasteiger partial charge in [0.05, 0.1) is 0 Å². The third-order valence-corrected chi connectivity index (χ3v) is 5.23. The lowest BCUT2D eigenvalue weighted by atomic mass is 9.53. The van der Waals surface area contributed by atoms with Gasteiger partial charge in [-0.25, -0.2) is 0 Å². The van der Waals surface area contributed by atoms with E-state index >= 15 is 0 Å². The lowest BCUT2D eigenvalue weighted by molar-refractivity contribution is -0.138. The van der Waals surface area contributed by atoms with E-state index in [4.69, 9.17) is 9.47 Å². The third kappa shape index (κ3) is 2.39. The van der Waals surface area contributed by atoms with E-state index in [1.807, 2.05) is 6.08 Å². The molecule has 4 nitrogen and oxygen atoms in total. The molecule has 0 radical (unpaired) electrons. The molecule has 0 aromatic rings. The largest absolute Gasteiger partial charge is 0.464 e. The van der Waals surface area contributed by atoms with E-state index in [0.29, 0.717) is 18.9 Å². The Morgan fingerprint density at radius 1 is 1.40 bits per heavy atom. The molecule has 0 amide bonds. The van der Waals surface area contributed by atoms with Crippen molar-refractivity contribution in [3.8, 4) is 0 Å². The van der Waals surface area contributed by atoms with E-state index < -0.39 is 0 Å². The van der Waals surface area contributed by atoms with Crippen molar-refractivity contribution in [2.24, 2.45) is 17.3 Å². The molecule has 0 N–H and O–H groups in total. The van der Waals surface area contributed by atoms with Crippen molar-refractivity contribution in [2.45, 2.75) is 39.2 Å². The summed E-state index contributed by atoms with van der Waals surface area (Å²) in [5.74, 6) is 0.509. The highest BCUT2D eigenvalue weighted by atomic mass is 16.5. The Hall–Kier alpha value is -1.58. The van der Waals surface area contributed by atoms with E-state index in [0.717, 1.165) is 24.8 Å². The first-order chi connectivity index (χ1) is 9.54. The van der Waals surface area contributed by atoms with E-state index in [2.05, 4.69) is 20.4 Å². The Morgan fingerprint density at radius 3 is 2.80 bits per heavy atom. The minimum atomic E-state index is -0.147. The Morgan fingerprint density at radius 2 is 2.15 bits per heavy atom. The van der Waals surface area contributed by atoms with Crippen molar-refractivity contribution in [3.05, 3.63) is 23.8 Å². The SMILES string of the molecule is C=C1[C@@H]2/C(=C/COC=O)CC[C@@]1(C)[C@H](C)C[C@H]2OC=O. The molecule has 0 saturated heterocycles. The van der Waals surface area contributed by atoms with Gasteiger partial charge in [-0.05, 0) is 36.7 Å². The summed E-state index contributed by atoms with van der Waals surface area (Å²) in [6.07, 6.45) is 4.62. The van der Waals surface area contributed by atoms with Crippen LogP contribution in [-0.4, -0.2) is 25.7 Å². The van der Waals surface area contributed by atoms with Gasteiger partial charge >= 0.3 is 0 Å². The van der Waals surface area contributed by atoms with Crippen LogP contribution in [-0.2, 0) is 19.1 Å². The molecule has 4 heteroatoms. The van der Waals surface area contributed by atoms with Gasteiger partial charge in [-0.3, -0.25) is 9.59 Å². The molecule has 0 aliphatic heterocycles. The minimum absolute atomic E-state index is 0.0606. The third-order valence-electron chi connectivity index (χ3n) is 5.23. The zero-order valence-corrected chi connectivity index (χ0v) is 12.1. The fourth-order valence-corrected chi connectivity index (χ4v) is 3.70. The second kappa shape index (κ2) is 5.81. The Labute approximate surface area is 119 Å². The summed E-state index contributed by atoms with van der Waals surface area (Å²) in [6.45, 7) is 9.98. The van der Waals surface area contributed by atoms with Gasteiger partial charge in [0, 0.05) is 5.92 Å². The number of fused-ring (bicyclic) bond motifs is 2. The summed E-state index contributed by atoms with van der Waals surface area (Å²) in [7, 11) is 0. The zero-order chi connectivity index (χ0) is 14.8. The highest BCUT2D eigenvalue weighted by molar-refractivity contribution is 5.41. The number of hydrogen-bond acceptors (Lipinski definition) is 4. The van der Waals surface area contributed by atoms with Gasteiger partial charge in [0.25, 0.3) is 12.9 Å². The first kappa shape index (κ1) is 14.8. The predicted molar refractivity (Wildman–Crippen MR) is 74.8 cm³/mol. The number of hydrogen-bond donors (Lipinski definition) is 0. The van der Waals surface area contributed by atoms with Crippen LogP contribution in [0, 0.1) is 17.3 Å². The van der Waals surface area contributed by atoms with Crippen LogP contribution in [0.2, 0.25) is 0 Å². The smallest absolute Gasteiger partial charge is 0.293 e. The number of carbonyl (C=O) groups excluding carboxylic acids is 2. The molecule has 4 atom stereocenters. The maximum Gasteiger partial charge on any atom is 0.293 e. The molecule has 2 fully saturated rings. The molecule has 0 heterocycles. The summed E-state index contributed by atoms with van der Waals surface area (Å²) in [5.41, 5.74) is 2.43. The van der Waals surface area contributed by atoms with Crippen molar-refractivity contribution in [1.82, 2.24) is 0 Å². The van der Waals surface area contributed by atoms with Gasteiger partial charge in [0.1, 0.15) is 12.7 Å². The Kier molecular flexibility index (Phi) is 4.31. The molecule has 0 spiro atoms. The zero-order valence-electron chi connectivity index (χ0n) is 12.1. The van der Waals surface area contributed by atoms with Gasteiger partial charge in [0.2, 0.25) is 0 Å². The molecule has 2 bridgehead atoms. The molecule has 20 heavy (non-hydrogen) atoms. The van der Waals surface area contributed by atoms with E-state index in [1.165, 1.54) is 5.57 Å². The van der Waals surface area contributed by atoms with Crippen molar-refractivity contribution in [3.63, 3.8) is 0 Å². The topological polar surface area (TPSA) is 52.6 Å². The monoisotopic (exact) mass is 278 g/mol. The minimum Gasteiger partial charge on any atom is -0.464 e. The number of carbonyl (C=O) groups is 2. The molecule has 0 aromatic heterocycles. The summed E-state index contributed by atoms with van der Waals surface area (Å²) in [4.78, 5) is 21.0. The van der Waals surface area contributed by atoms with Crippen LogP contribution < -0.4 is 0 Å². The molecule has 0 unspecified atom stereocenters. The quantitative estimate of drug-likeness (QED) is 0.441. The molecular formula is C16H22O4. The fourth-order valence-electron chi connectivity index (χ4n) is 3.70. The van der Waals surface area contributed by atoms with Crippen LogP contribution >= 0.6 is 0 Å². The Balaban J connectivity index is 2.28. The second-order valence-electron chi connectivity index (χ2n) is 6.04. The van der Waals surface area contributed by atoms with Crippen molar-refractivity contribution >= 4 is 12.9 Å². The fraction of sp³-hybridized carbons (Fsp3) is 0.625. The lowest BCUT2D eigenvalue weighted by Crippen LogP contribution is -2.47. The molecule has 2 aliphatic rings. The van der Waals surface area contributed by atoms with Crippen molar-refractivity contribution in [1.29, 1.82) is 0 Å². The van der Waals surface area contributed by atoms with E-state index in [9.17, 15) is 9.59 Å². The average Bonchev–Trinajstić information content (AvgIpc) is 2.41. The first-order valence-corrected chi connectivity index (χ1v) is 7.07. The highest BCUT2D eigenvalue weighted by Crippen LogP contribution is 2.56. The van der Waals surface area contributed by atoms with E-state index in [1.54, 1.807) is 0 Å². The standard InChI is InChI=1S/C16H22O4/c1-11-8-14(20-10-18)15-12(2)16(11,3)6-4-13(15)5-7-19-9-17/h5,9-11,14-15H,2,4,6-8H2,1,3H3/b13-5+/t11-,14-,15-,16+/m1/s1. The summed E-state index contributed by atoms with van der Waals surface area (Å²) in [6, 6.07) is 0.